The van der Waals surface area contributed by atoms with Crippen LogP contribution in [0.2, 0.25) is 0 Å². The Kier molecular flexibility index (Phi) is 5.96. The van der Waals surface area contributed by atoms with Gasteiger partial charge in [0.25, 0.3) is 5.91 Å². The maximum atomic E-state index is 13.6. The number of piperidine rings is 1. The highest BCUT2D eigenvalue weighted by Gasteiger charge is 2.44. The molecule has 0 atom stereocenters. The highest BCUT2D eigenvalue weighted by atomic mass is 16.5. The van der Waals surface area contributed by atoms with Crippen LogP contribution in [0.4, 0.5) is 0 Å². The van der Waals surface area contributed by atoms with Gasteiger partial charge in [-0.25, -0.2) is 9.89 Å². The van der Waals surface area contributed by atoms with Gasteiger partial charge in [-0.1, -0.05) is 0 Å². The lowest BCUT2D eigenvalue weighted by molar-refractivity contribution is -0.00570. The molecule has 0 bridgehead atoms. The van der Waals surface area contributed by atoms with Crippen molar-refractivity contribution in [3.05, 3.63) is 51.9 Å². The number of benzene rings is 2. The van der Waals surface area contributed by atoms with Gasteiger partial charge >= 0.3 is 5.69 Å². The molecule has 2 aliphatic heterocycles. The van der Waals surface area contributed by atoms with Crippen LogP contribution >= 0.6 is 0 Å². The molecule has 4 heterocycles. The summed E-state index contributed by atoms with van der Waals surface area (Å²) >= 11 is 0. The number of H-pyrrole nitrogens is 1. The van der Waals surface area contributed by atoms with E-state index in [2.05, 4.69) is 20.6 Å². The maximum absolute atomic E-state index is 13.6. The average Bonchev–Trinajstić information content (AvgIpc) is 3.58. The Morgan fingerprint density at radius 3 is 2.54 bits per heavy atom. The standard InChI is InChI=1S/C27H29N7O5/c1-4-33-19-13-17(14-22(38-3)23(19)34(5-2)26(33)37)25(36)32-10-8-27(9-11-32)15-20(35)18-12-16(6-7-21(18)39-27)24-28-30-31-29-24/h6-7,12-14H,4-5,8-11,15H2,1-3H3,(H,28,29,30,31). The smallest absolute Gasteiger partial charge is 0.329 e. The van der Waals surface area contributed by atoms with Crippen molar-refractivity contribution in [1.82, 2.24) is 34.7 Å². The van der Waals surface area contributed by atoms with Gasteiger partial charge in [-0.15, -0.1) is 5.10 Å². The molecule has 2 aromatic carbocycles. The summed E-state index contributed by atoms with van der Waals surface area (Å²) in [4.78, 5) is 41.4. The van der Waals surface area contributed by atoms with Crippen molar-refractivity contribution < 1.29 is 19.1 Å². The number of fused-ring (bicyclic) bond motifs is 2. The number of ketones is 1. The van der Waals surface area contributed by atoms with E-state index in [1.165, 1.54) is 0 Å². The van der Waals surface area contributed by atoms with Crippen LogP contribution in [0.1, 0.15) is 53.8 Å². The SMILES string of the molecule is CCn1c(=O)n(CC)c2c(OC)cc(C(=O)N3CCC4(CC3)CC(=O)c3cc(-c5nnn[nH]5)ccc3O4)cc21. The highest BCUT2D eigenvalue weighted by Crippen LogP contribution is 2.41. The number of likely N-dealkylation sites (tertiary alicyclic amines) is 1. The number of Topliss-reactive ketones (excluding diaryl/α,β-unsaturated/α-hetero) is 1. The first kappa shape index (κ1) is 24.8. The number of imidazole rings is 1. The fourth-order valence-electron chi connectivity index (χ4n) is 5.79. The van der Waals surface area contributed by atoms with Gasteiger partial charge in [0.2, 0.25) is 0 Å². The Labute approximate surface area is 223 Å². The Hall–Kier alpha value is -4.48. The van der Waals surface area contributed by atoms with Gasteiger partial charge in [-0.2, -0.15) is 0 Å². The van der Waals surface area contributed by atoms with E-state index in [9.17, 15) is 14.4 Å². The van der Waals surface area contributed by atoms with Crippen molar-refractivity contribution in [2.75, 3.05) is 20.2 Å². The van der Waals surface area contributed by atoms with Crippen LogP contribution in [0.5, 0.6) is 11.5 Å². The quantitative estimate of drug-likeness (QED) is 0.415. The highest BCUT2D eigenvalue weighted by molar-refractivity contribution is 6.02. The Balaban J connectivity index is 1.23. The zero-order chi connectivity index (χ0) is 27.3. The first-order valence-corrected chi connectivity index (χ1v) is 13.1. The number of methoxy groups -OCH3 is 1. The molecule has 1 N–H and O–H groups in total. The number of aryl methyl sites for hydroxylation is 2. The normalized spacial score (nSPS) is 16.4. The molecule has 1 spiro atoms. The Morgan fingerprint density at radius 2 is 1.87 bits per heavy atom. The second kappa shape index (κ2) is 9.37. The lowest BCUT2D eigenvalue weighted by Crippen LogP contribution is -2.52. The summed E-state index contributed by atoms with van der Waals surface area (Å²) in [6, 6.07) is 8.83. The van der Waals surface area contributed by atoms with Crippen molar-refractivity contribution in [2.45, 2.75) is 51.8 Å². The monoisotopic (exact) mass is 531 g/mol. The fraction of sp³-hybridized carbons (Fsp3) is 0.407. The number of ether oxygens (including phenoxy) is 2. The van der Waals surface area contributed by atoms with E-state index >= 15 is 0 Å². The zero-order valence-electron chi connectivity index (χ0n) is 22.1. The lowest BCUT2D eigenvalue weighted by atomic mass is 9.82. The number of nitrogens with one attached hydrogen (secondary N) is 1. The molecule has 39 heavy (non-hydrogen) atoms. The minimum Gasteiger partial charge on any atom is -0.494 e. The van der Waals surface area contributed by atoms with E-state index in [0.29, 0.717) is 84.1 Å². The molecule has 4 aromatic rings. The van der Waals surface area contributed by atoms with Gasteiger partial charge in [0.1, 0.15) is 22.6 Å². The molecular weight excluding hydrogens is 502 g/mol. The second-order valence-electron chi connectivity index (χ2n) is 9.96. The van der Waals surface area contributed by atoms with Crippen LogP contribution < -0.4 is 15.2 Å². The number of carbonyl (C=O) groups excluding carboxylic acids is 2. The van der Waals surface area contributed by atoms with Gasteiger partial charge in [0, 0.05) is 50.1 Å². The maximum Gasteiger partial charge on any atom is 0.329 e. The van der Waals surface area contributed by atoms with Gasteiger partial charge in [-0.05, 0) is 54.6 Å². The number of aromatic nitrogens is 6. The van der Waals surface area contributed by atoms with Crippen LogP contribution in [0.3, 0.4) is 0 Å². The molecule has 12 heteroatoms. The van der Waals surface area contributed by atoms with E-state index in [4.69, 9.17) is 9.47 Å². The number of hydrogen-bond donors (Lipinski definition) is 1. The van der Waals surface area contributed by atoms with Crippen molar-refractivity contribution in [3.63, 3.8) is 0 Å². The third-order valence-corrected chi connectivity index (χ3v) is 7.85. The van der Waals surface area contributed by atoms with Gasteiger partial charge in [0.05, 0.1) is 24.6 Å². The first-order valence-electron chi connectivity index (χ1n) is 13.1. The predicted octanol–water partition coefficient (Wildman–Crippen LogP) is 2.67. The van der Waals surface area contributed by atoms with Gasteiger partial charge in [-0.3, -0.25) is 18.7 Å². The molecule has 12 nitrogen and oxygen atoms in total. The Bertz CT molecular complexity index is 1650. The fourth-order valence-corrected chi connectivity index (χ4v) is 5.79. The zero-order valence-corrected chi connectivity index (χ0v) is 22.1. The van der Waals surface area contributed by atoms with Crippen LogP contribution in [-0.2, 0) is 13.1 Å². The molecule has 1 amide bonds. The van der Waals surface area contributed by atoms with Crippen molar-refractivity contribution in [3.8, 4) is 22.9 Å². The summed E-state index contributed by atoms with van der Waals surface area (Å²) in [6.45, 7) is 5.69. The summed E-state index contributed by atoms with van der Waals surface area (Å²) in [5, 5.41) is 13.8. The van der Waals surface area contributed by atoms with Crippen molar-refractivity contribution in [2.24, 2.45) is 0 Å². The van der Waals surface area contributed by atoms with Crippen molar-refractivity contribution >= 4 is 22.7 Å². The molecule has 202 valence electrons. The second-order valence-corrected chi connectivity index (χ2v) is 9.96. The molecule has 1 fully saturated rings. The van der Waals surface area contributed by atoms with E-state index in [0.717, 1.165) is 0 Å². The molecule has 0 saturated carbocycles. The summed E-state index contributed by atoms with van der Waals surface area (Å²) in [7, 11) is 1.54. The lowest BCUT2D eigenvalue weighted by Gasteiger charge is -2.44. The molecule has 2 aromatic heterocycles. The summed E-state index contributed by atoms with van der Waals surface area (Å²) in [5.74, 6) is 1.37. The third-order valence-electron chi connectivity index (χ3n) is 7.85. The van der Waals surface area contributed by atoms with E-state index in [1.54, 1.807) is 45.4 Å². The van der Waals surface area contributed by atoms with E-state index in [1.807, 2.05) is 19.9 Å². The van der Waals surface area contributed by atoms with Crippen LogP contribution in [0, 0.1) is 0 Å². The number of carbonyl (C=O) groups is 2. The molecular formula is C27H29N7O5. The largest absolute Gasteiger partial charge is 0.494 e. The van der Waals surface area contributed by atoms with Crippen LogP contribution in [0.25, 0.3) is 22.4 Å². The minimum absolute atomic E-state index is 0.00138. The first-order chi connectivity index (χ1) is 18.9. The number of rotatable bonds is 5. The topological polar surface area (TPSA) is 137 Å². The average molecular weight is 532 g/mol. The minimum atomic E-state index is -0.654. The number of nitrogens with zero attached hydrogens (tertiary/aromatic N) is 6. The van der Waals surface area contributed by atoms with Gasteiger partial charge < -0.3 is 14.4 Å². The molecule has 0 radical (unpaired) electrons. The summed E-state index contributed by atoms with van der Waals surface area (Å²) in [5.41, 5.74) is 2.28. The number of tetrazole rings is 1. The Morgan fingerprint density at radius 1 is 1.10 bits per heavy atom. The number of hydrogen-bond acceptors (Lipinski definition) is 8. The van der Waals surface area contributed by atoms with Crippen LogP contribution in [-0.4, -0.2) is 72.1 Å². The van der Waals surface area contributed by atoms with Crippen molar-refractivity contribution in [1.29, 1.82) is 0 Å². The van der Waals surface area contributed by atoms with E-state index in [-0.39, 0.29) is 23.8 Å². The van der Waals surface area contributed by atoms with Gasteiger partial charge in [0.15, 0.2) is 11.6 Å². The number of aromatic amines is 1. The summed E-state index contributed by atoms with van der Waals surface area (Å²) in [6.07, 6.45) is 1.30. The molecule has 0 unspecified atom stereocenters. The molecule has 0 aliphatic carbocycles. The molecule has 6 rings (SSSR count). The van der Waals surface area contributed by atoms with Crippen LogP contribution in [0.15, 0.2) is 35.1 Å². The molecule has 1 saturated heterocycles. The number of amides is 1. The predicted molar refractivity (Wildman–Crippen MR) is 141 cm³/mol. The summed E-state index contributed by atoms with van der Waals surface area (Å²) < 4.78 is 15.3. The third kappa shape index (κ3) is 3.98. The van der Waals surface area contributed by atoms with E-state index < -0.39 is 5.60 Å². The molecule has 2 aliphatic rings.